The van der Waals surface area contributed by atoms with E-state index in [0.29, 0.717) is 10.2 Å². The second kappa shape index (κ2) is 5.56. The molecule has 0 spiro atoms. The van der Waals surface area contributed by atoms with Crippen LogP contribution < -0.4 is 5.32 Å². The Hall–Kier alpha value is -1.63. The lowest BCUT2D eigenvalue weighted by molar-refractivity contribution is -0.137. The number of carbonyl (C=O) groups is 2. The van der Waals surface area contributed by atoms with Gasteiger partial charge in [0.25, 0.3) is 0 Å². The lowest BCUT2D eigenvalue weighted by atomic mass is 10.3. The standard InChI is InChI=1S/C12H12BrFN2O3/c13-9-5-7(14)1-4-10(9)15-12(19)16(6-11(17)18)8-2-3-8/h1,4-5,8H,2-3,6H2,(H,15,19)(H,17,18). The maximum absolute atomic E-state index is 12.9. The molecule has 1 aliphatic rings. The van der Waals surface area contributed by atoms with Crippen LogP contribution in [-0.2, 0) is 4.79 Å². The van der Waals surface area contributed by atoms with E-state index in [9.17, 15) is 14.0 Å². The normalized spacial score (nSPS) is 14.0. The Morgan fingerprint density at radius 2 is 2.16 bits per heavy atom. The van der Waals surface area contributed by atoms with Gasteiger partial charge in [-0.15, -0.1) is 0 Å². The fourth-order valence-corrected chi connectivity index (χ4v) is 2.13. The molecule has 5 nitrogen and oxygen atoms in total. The van der Waals surface area contributed by atoms with Gasteiger partial charge in [0.05, 0.1) is 5.69 Å². The largest absolute Gasteiger partial charge is 0.480 e. The fourth-order valence-electron chi connectivity index (χ4n) is 1.68. The number of urea groups is 1. The molecular formula is C12H12BrFN2O3. The summed E-state index contributed by atoms with van der Waals surface area (Å²) < 4.78 is 13.3. The van der Waals surface area contributed by atoms with Crippen LogP contribution in [0.3, 0.4) is 0 Å². The number of nitrogens with zero attached hydrogens (tertiary/aromatic N) is 1. The Balaban J connectivity index is 2.07. The van der Waals surface area contributed by atoms with Gasteiger partial charge in [0.15, 0.2) is 0 Å². The molecule has 2 rings (SSSR count). The number of hydrogen-bond acceptors (Lipinski definition) is 2. The zero-order valence-electron chi connectivity index (χ0n) is 9.90. The van der Waals surface area contributed by atoms with Gasteiger partial charge < -0.3 is 15.3 Å². The molecule has 0 unspecified atom stereocenters. The minimum Gasteiger partial charge on any atom is -0.480 e. The van der Waals surface area contributed by atoms with Crippen molar-refractivity contribution >= 4 is 33.6 Å². The molecule has 0 aromatic heterocycles. The number of benzene rings is 1. The lowest BCUT2D eigenvalue weighted by Crippen LogP contribution is -2.40. The summed E-state index contributed by atoms with van der Waals surface area (Å²) in [7, 11) is 0. The number of carboxylic acids is 1. The molecule has 1 fully saturated rings. The predicted octanol–water partition coefficient (Wildman–Crippen LogP) is 2.67. The van der Waals surface area contributed by atoms with Gasteiger partial charge >= 0.3 is 12.0 Å². The molecular weight excluding hydrogens is 319 g/mol. The molecule has 1 aromatic carbocycles. The first-order valence-corrected chi connectivity index (χ1v) is 6.51. The number of carboxylic acid groups (broad SMARTS) is 1. The Kier molecular flexibility index (Phi) is 4.04. The summed E-state index contributed by atoms with van der Waals surface area (Å²) in [5.41, 5.74) is 0.405. The van der Waals surface area contributed by atoms with E-state index in [4.69, 9.17) is 5.11 Å². The molecule has 0 atom stereocenters. The van der Waals surface area contributed by atoms with Crippen molar-refractivity contribution in [3.63, 3.8) is 0 Å². The molecule has 102 valence electrons. The highest BCUT2D eigenvalue weighted by molar-refractivity contribution is 9.10. The van der Waals surface area contributed by atoms with Gasteiger partial charge in [-0.3, -0.25) is 4.79 Å². The SMILES string of the molecule is O=C(O)CN(C(=O)Nc1ccc(F)cc1Br)C1CC1. The zero-order valence-corrected chi connectivity index (χ0v) is 11.5. The topological polar surface area (TPSA) is 69.6 Å². The molecule has 0 aliphatic heterocycles. The minimum atomic E-state index is -1.06. The van der Waals surface area contributed by atoms with Crippen molar-refractivity contribution in [1.29, 1.82) is 0 Å². The van der Waals surface area contributed by atoms with Crippen molar-refractivity contribution in [1.82, 2.24) is 4.90 Å². The third-order valence-electron chi connectivity index (χ3n) is 2.73. The third-order valence-corrected chi connectivity index (χ3v) is 3.38. The summed E-state index contributed by atoms with van der Waals surface area (Å²) in [6.07, 6.45) is 1.62. The van der Waals surface area contributed by atoms with Crippen molar-refractivity contribution in [3.8, 4) is 0 Å². The van der Waals surface area contributed by atoms with Crippen LogP contribution in [0.1, 0.15) is 12.8 Å². The van der Waals surface area contributed by atoms with Gasteiger partial charge in [-0.25, -0.2) is 9.18 Å². The monoisotopic (exact) mass is 330 g/mol. The van der Waals surface area contributed by atoms with E-state index in [1.807, 2.05) is 0 Å². The molecule has 2 N–H and O–H groups in total. The van der Waals surface area contributed by atoms with E-state index in [-0.39, 0.29) is 12.6 Å². The van der Waals surface area contributed by atoms with Crippen LogP contribution >= 0.6 is 15.9 Å². The van der Waals surface area contributed by atoms with Crippen LogP contribution in [0.15, 0.2) is 22.7 Å². The van der Waals surface area contributed by atoms with Crippen LogP contribution in [0, 0.1) is 5.82 Å². The van der Waals surface area contributed by atoms with E-state index >= 15 is 0 Å². The molecule has 0 saturated heterocycles. The molecule has 0 heterocycles. The number of aliphatic carboxylic acids is 1. The van der Waals surface area contributed by atoms with Crippen molar-refractivity contribution in [2.24, 2.45) is 0 Å². The van der Waals surface area contributed by atoms with Crippen molar-refractivity contribution in [2.75, 3.05) is 11.9 Å². The highest BCUT2D eigenvalue weighted by atomic mass is 79.9. The van der Waals surface area contributed by atoms with E-state index < -0.39 is 17.8 Å². The van der Waals surface area contributed by atoms with Gasteiger partial charge in [0, 0.05) is 10.5 Å². The minimum absolute atomic E-state index is 0.0182. The van der Waals surface area contributed by atoms with Crippen LogP contribution in [-0.4, -0.2) is 34.6 Å². The maximum atomic E-state index is 12.9. The van der Waals surface area contributed by atoms with E-state index in [1.54, 1.807) is 0 Å². The first-order chi connectivity index (χ1) is 8.97. The Bertz CT molecular complexity index is 520. The Labute approximate surface area is 117 Å². The highest BCUT2D eigenvalue weighted by Crippen LogP contribution is 2.28. The van der Waals surface area contributed by atoms with Crippen LogP contribution in [0.4, 0.5) is 14.9 Å². The number of carbonyl (C=O) groups excluding carboxylic acids is 1. The number of amides is 2. The maximum Gasteiger partial charge on any atom is 0.323 e. The van der Waals surface area contributed by atoms with Gasteiger partial charge in [-0.2, -0.15) is 0 Å². The molecule has 2 amide bonds. The fraction of sp³-hybridized carbons (Fsp3) is 0.333. The average Bonchev–Trinajstić information content (AvgIpc) is 3.13. The van der Waals surface area contributed by atoms with Crippen LogP contribution in [0.25, 0.3) is 0 Å². The summed E-state index contributed by atoms with van der Waals surface area (Å²) >= 11 is 3.14. The molecule has 1 aromatic rings. The summed E-state index contributed by atoms with van der Waals surface area (Å²) in [4.78, 5) is 24.0. The predicted molar refractivity (Wildman–Crippen MR) is 70.5 cm³/mol. The molecule has 0 radical (unpaired) electrons. The summed E-state index contributed by atoms with van der Waals surface area (Å²) in [6.45, 7) is -0.338. The van der Waals surface area contributed by atoms with Crippen molar-refractivity contribution in [3.05, 3.63) is 28.5 Å². The third kappa shape index (κ3) is 3.66. The first kappa shape index (κ1) is 13.8. The number of anilines is 1. The first-order valence-electron chi connectivity index (χ1n) is 5.72. The van der Waals surface area contributed by atoms with E-state index in [0.717, 1.165) is 12.8 Å². The molecule has 1 saturated carbocycles. The number of nitrogens with one attached hydrogen (secondary N) is 1. The van der Waals surface area contributed by atoms with E-state index in [2.05, 4.69) is 21.2 Å². The van der Waals surface area contributed by atoms with Gasteiger partial charge in [0.2, 0.25) is 0 Å². The smallest absolute Gasteiger partial charge is 0.323 e. The molecule has 7 heteroatoms. The van der Waals surface area contributed by atoms with Gasteiger partial charge in [-0.1, -0.05) is 0 Å². The van der Waals surface area contributed by atoms with Gasteiger partial charge in [0.1, 0.15) is 12.4 Å². The summed E-state index contributed by atoms with van der Waals surface area (Å²) in [6, 6.07) is 3.36. The molecule has 0 bridgehead atoms. The van der Waals surface area contributed by atoms with E-state index in [1.165, 1.54) is 23.1 Å². The zero-order chi connectivity index (χ0) is 14.0. The number of hydrogen-bond donors (Lipinski definition) is 2. The quantitative estimate of drug-likeness (QED) is 0.891. The molecule has 1 aliphatic carbocycles. The Morgan fingerprint density at radius 1 is 1.47 bits per heavy atom. The van der Waals surface area contributed by atoms with Crippen LogP contribution in [0.5, 0.6) is 0 Å². The lowest BCUT2D eigenvalue weighted by Gasteiger charge is -2.21. The molecule has 19 heavy (non-hydrogen) atoms. The Morgan fingerprint density at radius 3 is 2.68 bits per heavy atom. The van der Waals surface area contributed by atoms with Crippen molar-refractivity contribution < 1.29 is 19.1 Å². The number of halogens is 2. The second-order valence-electron chi connectivity index (χ2n) is 4.31. The van der Waals surface area contributed by atoms with Crippen molar-refractivity contribution in [2.45, 2.75) is 18.9 Å². The van der Waals surface area contributed by atoms with Gasteiger partial charge in [-0.05, 0) is 47.0 Å². The second-order valence-corrected chi connectivity index (χ2v) is 5.16. The average molecular weight is 331 g/mol. The summed E-state index contributed by atoms with van der Waals surface area (Å²) in [5.74, 6) is -1.48. The highest BCUT2D eigenvalue weighted by Gasteiger charge is 2.34. The number of rotatable bonds is 4. The van der Waals surface area contributed by atoms with Crippen LogP contribution in [0.2, 0.25) is 0 Å². The summed E-state index contributed by atoms with van der Waals surface area (Å²) in [5, 5.41) is 11.4.